The van der Waals surface area contributed by atoms with E-state index in [0.717, 1.165) is 37.1 Å². The van der Waals surface area contributed by atoms with Crippen molar-refractivity contribution in [3.8, 4) is 0 Å². The fraction of sp³-hybridized carbons (Fsp3) is 0.440. The van der Waals surface area contributed by atoms with Crippen molar-refractivity contribution in [3.63, 3.8) is 0 Å². The monoisotopic (exact) mass is 363 g/mol. The molecule has 1 saturated heterocycles. The number of fused-ring (bicyclic) bond motifs is 1. The third kappa shape index (κ3) is 4.16. The van der Waals surface area contributed by atoms with Crippen LogP contribution in [-0.4, -0.2) is 17.5 Å². The summed E-state index contributed by atoms with van der Waals surface area (Å²) in [6.45, 7) is 6.36. The second-order valence-corrected chi connectivity index (χ2v) is 8.33. The van der Waals surface area contributed by atoms with Crippen LogP contribution in [0.2, 0.25) is 0 Å². The van der Waals surface area contributed by atoms with Crippen LogP contribution in [0.15, 0.2) is 42.0 Å². The van der Waals surface area contributed by atoms with E-state index in [1.54, 1.807) is 12.1 Å². The number of hydrogen-bond donors (Lipinski definition) is 0. The lowest BCUT2D eigenvalue weighted by atomic mass is 9.91. The number of halogens is 1. The van der Waals surface area contributed by atoms with Crippen LogP contribution in [0, 0.1) is 19.7 Å². The second kappa shape index (κ2) is 7.98. The zero-order valence-electron chi connectivity index (χ0n) is 16.6. The first-order valence-electron chi connectivity index (χ1n) is 10.4. The van der Waals surface area contributed by atoms with Crippen LogP contribution in [0.3, 0.4) is 0 Å². The zero-order chi connectivity index (χ0) is 18.8. The average Bonchev–Trinajstić information content (AvgIpc) is 2.86. The molecule has 0 saturated carbocycles. The minimum absolute atomic E-state index is 0.107. The Hall–Kier alpha value is -1.93. The fourth-order valence-corrected chi connectivity index (χ4v) is 4.80. The smallest absolute Gasteiger partial charge is 0.124 e. The molecule has 1 aliphatic carbocycles. The maximum Gasteiger partial charge on any atom is 0.124 e. The van der Waals surface area contributed by atoms with Gasteiger partial charge < -0.3 is 0 Å². The highest BCUT2D eigenvalue weighted by Crippen LogP contribution is 2.33. The summed E-state index contributed by atoms with van der Waals surface area (Å²) in [5, 5.41) is 0. The van der Waals surface area contributed by atoms with Crippen molar-refractivity contribution in [3.05, 3.63) is 75.6 Å². The molecule has 0 spiro atoms. The van der Waals surface area contributed by atoms with Gasteiger partial charge in [0.05, 0.1) is 0 Å². The molecule has 1 heterocycles. The Morgan fingerprint density at radius 3 is 2.63 bits per heavy atom. The molecule has 1 fully saturated rings. The molecule has 1 unspecified atom stereocenters. The Morgan fingerprint density at radius 1 is 1.00 bits per heavy atom. The minimum atomic E-state index is -0.107. The first kappa shape index (κ1) is 18.4. The van der Waals surface area contributed by atoms with Gasteiger partial charge in [-0.25, -0.2) is 4.39 Å². The predicted octanol–water partition coefficient (Wildman–Crippen LogP) is 6.22. The molecule has 1 nitrogen and oxygen atoms in total. The Kier molecular flexibility index (Phi) is 5.45. The molecular formula is C25H30FN. The van der Waals surface area contributed by atoms with Crippen LogP contribution < -0.4 is 0 Å². The topological polar surface area (TPSA) is 3.24 Å². The van der Waals surface area contributed by atoms with Gasteiger partial charge in [0.25, 0.3) is 0 Å². The van der Waals surface area contributed by atoms with Crippen LogP contribution in [0.1, 0.15) is 59.9 Å². The van der Waals surface area contributed by atoms with Gasteiger partial charge in [-0.3, -0.25) is 4.90 Å². The zero-order valence-corrected chi connectivity index (χ0v) is 16.6. The number of benzene rings is 2. The number of hydrogen-bond acceptors (Lipinski definition) is 1. The van der Waals surface area contributed by atoms with Crippen molar-refractivity contribution in [1.29, 1.82) is 0 Å². The summed E-state index contributed by atoms with van der Waals surface area (Å²) in [5.41, 5.74) is 7.76. The summed E-state index contributed by atoms with van der Waals surface area (Å²) in [4.78, 5) is 2.65. The molecule has 0 aromatic heterocycles. The quantitative estimate of drug-likeness (QED) is 0.626. The van der Waals surface area contributed by atoms with Crippen molar-refractivity contribution < 1.29 is 4.39 Å². The van der Waals surface area contributed by atoms with Gasteiger partial charge in [-0.1, -0.05) is 47.9 Å². The molecule has 1 atom stereocenters. The van der Waals surface area contributed by atoms with E-state index in [0.29, 0.717) is 6.04 Å². The summed E-state index contributed by atoms with van der Waals surface area (Å²) in [6.07, 6.45) is 9.47. The SMILES string of the molecule is Cc1ccc(CN2CCCCC2C2=Cc3cc(F)cc(C)c3CCC2)cc1. The second-order valence-electron chi connectivity index (χ2n) is 8.33. The van der Waals surface area contributed by atoms with Gasteiger partial charge in [-0.05, 0) is 86.9 Å². The highest BCUT2D eigenvalue weighted by molar-refractivity contribution is 5.61. The molecule has 2 heteroatoms. The average molecular weight is 364 g/mol. The van der Waals surface area contributed by atoms with Gasteiger partial charge in [0.1, 0.15) is 5.82 Å². The molecule has 0 N–H and O–H groups in total. The number of likely N-dealkylation sites (tertiary alicyclic amines) is 1. The van der Waals surface area contributed by atoms with Crippen molar-refractivity contribution in [2.24, 2.45) is 0 Å². The molecule has 142 valence electrons. The Bertz CT molecular complexity index is 834. The van der Waals surface area contributed by atoms with Gasteiger partial charge in [-0.15, -0.1) is 0 Å². The van der Waals surface area contributed by atoms with Gasteiger partial charge in [0.15, 0.2) is 0 Å². The van der Waals surface area contributed by atoms with Crippen molar-refractivity contribution >= 4 is 6.08 Å². The van der Waals surface area contributed by atoms with E-state index >= 15 is 0 Å². The van der Waals surface area contributed by atoms with Gasteiger partial charge in [-0.2, -0.15) is 0 Å². The first-order chi connectivity index (χ1) is 13.1. The number of rotatable bonds is 3. The van der Waals surface area contributed by atoms with Crippen LogP contribution in [-0.2, 0) is 13.0 Å². The molecular weight excluding hydrogens is 333 g/mol. The fourth-order valence-electron chi connectivity index (χ4n) is 4.80. The lowest BCUT2D eigenvalue weighted by molar-refractivity contribution is 0.161. The summed E-state index contributed by atoms with van der Waals surface area (Å²) < 4.78 is 14.0. The summed E-state index contributed by atoms with van der Waals surface area (Å²) >= 11 is 0. The van der Waals surface area contributed by atoms with E-state index in [1.165, 1.54) is 47.9 Å². The van der Waals surface area contributed by atoms with E-state index < -0.39 is 0 Å². The minimum Gasteiger partial charge on any atom is -0.292 e. The van der Waals surface area contributed by atoms with Gasteiger partial charge in [0.2, 0.25) is 0 Å². The van der Waals surface area contributed by atoms with Crippen LogP contribution >= 0.6 is 0 Å². The van der Waals surface area contributed by atoms with E-state index in [1.807, 2.05) is 6.92 Å². The standard InChI is InChI=1S/C25H30FN/c1-18-9-11-20(12-10-18)17-27-13-4-3-8-25(27)21-6-5-7-24-19(2)14-23(26)16-22(24)15-21/h9-12,14-16,25H,3-8,13,17H2,1-2H3. The Morgan fingerprint density at radius 2 is 1.81 bits per heavy atom. The van der Waals surface area contributed by atoms with Gasteiger partial charge >= 0.3 is 0 Å². The number of aryl methyl sites for hydroxylation is 2. The normalized spacial score (nSPS) is 20.7. The predicted molar refractivity (Wildman–Crippen MR) is 111 cm³/mol. The first-order valence-corrected chi connectivity index (χ1v) is 10.4. The highest BCUT2D eigenvalue weighted by Gasteiger charge is 2.27. The Balaban J connectivity index is 1.62. The lowest BCUT2D eigenvalue weighted by Gasteiger charge is -2.37. The third-order valence-corrected chi connectivity index (χ3v) is 6.25. The third-order valence-electron chi connectivity index (χ3n) is 6.25. The van der Waals surface area contributed by atoms with Crippen LogP contribution in [0.25, 0.3) is 6.08 Å². The molecule has 0 amide bonds. The van der Waals surface area contributed by atoms with E-state index in [4.69, 9.17) is 0 Å². The van der Waals surface area contributed by atoms with Crippen molar-refractivity contribution in [2.45, 2.75) is 65.0 Å². The molecule has 2 aromatic carbocycles. The van der Waals surface area contributed by atoms with Crippen molar-refractivity contribution in [1.82, 2.24) is 4.90 Å². The summed E-state index contributed by atoms with van der Waals surface area (Å²) in [6, 6.07) is 12.9. The van der Waals surface area contributed by atoms with Crippen LogP contribution in [0.4, 0.5) is 4.39 Å². The number of piperidine rings is 1. The lowest BCUT2D eigenvalue weighted by Crippen LogP contribution is -2.40. The van der Waals surface area contributed by atoms with Crippen LogP contribution in [0.5, 0.6) is 0 Å². The van der Waals surface area contributed by atoms with E-state index in [2.05, 4.69) is 42.2 Å². The Labute approximate surface area is 162 Å². The molecule has 2 aliphatic rings. The molecule has 0 radical (unpaired) electrons. The van der Waals surface area contributed by atoms with Crippen molar-refractivity contribution in [2.75, 3.05) is 6.54 Å². The summed E-state index contributed by atoms with van der Waals surface area (Å²) in [7, 11) is 0. The molecule has 2 aromatic rings. The molecule has 27 heavy (non-hydrogen) atoms. The maximum atomic E-state index is 14.0. The molecule has 4 rings (SSSR count). The number of nitrogens with zero attached hydrogens (tertiary/aromatic N) is 1. The maximum absolute atomic E-state index is 14.0. The molecule has 1 aliphatic heterocycles. The largest absolute Gasteiger partial charge is 0.292 e. The van der Waals surface area contributed by atoms with E-state index in [-0.39, 0.29) is 5.82 Å². The van der Waals surface area contributed by atoms with E-state index in [9.17, 15) is 4.39 Å². The van der Waals surface area contributed by atoms with Gasteiger partial charge in [0, 0.05) is 12.6 Å². The highest BCUT2D eigenvalue weighted by atomic mass is 19.1. The molecule has 0 bridgehead atoms. The summed E-state index contributed by atoms with van der Waals surface area (Å²) in [5.74, 6) is -0.107.